The lowest BCUT2D eigenvalue weighted by Crippen LogP contribution is -2.20. The van der Waals surface area contributed by atoms with E-state index in [1.165, 1.54) is 18.2 Å². The maximum absolute atomic E-state index is 12.9. The van der Waals surface area contributed by atoms with Gasteiger partial charge in [0, 0.05) is 17.4 Å². The SMILES string of the molecule is Nc1ccc(NC(=O)COc2ccc(F)c(Cl)c2)cc1. The summed E-state index contributed by atoms with van der Waals surface area (Å²) in [5.41, 5.74) is 6.76. The maximum atomic E-state index is 12.9. The molecule has 0 aromatic heterocycles. The fraction of sp³-hybridized carbons (Fsp3) is 0.0714. The number of rotatable bonds is 4. The molecule has 2 aromatic rings. The van der Waals surface area contributed by atoms with Gasteiger partial charge in [-0.05, 0) is 36.4 Å². The van der Waals surface area contributed by atoms with E-state index in [1.807, 2.05) is 0 Å². The van der Waals surface area contributed by atoms with Crippen LogP contribution in [0.1, 0.15) is 0 Å². The van der Waals surface area contributed by atoms with Gasteiger partial charge in [0.2, 0.25) is 0 Å². The molecule has 0 bridgehead atoms. The molecule has 2 rings (SSSR count). The van der Waals surface area contributed by atoms with Crippen LogP contribution in [0.2, 0.25) is 5.02 Å². The molecule has 0 spiro atoms. The molecule has 0 saturated carbocycles. The van der Waals surface area contributed by atoms with Gasteiger partial charge in [-0.15, -0.1) is 0 Å². The minimum Gasteiger partial charge on any atom is -0.484 e. The minimum atomic E-state index is -0.537. The molecule has 0 aliphatic carbocycles. The summed E-state index contributed by atoms with van der Waals surface area (Å²) in [6.07, 6.45) is 0. The topological polar surface area (TPSA) is 64.3 Å². The summed E-state index contributed by atoms with van der Waals surface area (Å²) in [6, 6.07) is 10.6. The van der Waals surface area contributed by atoms with Crippen molar-refractivity contribution < 1.29 is 13.9 Å². The smallest absolute Gasteiger partial charge is 0.262 e. The van der Waals surface area contributed by atoms with E-state index in [9.17, 15) is 9.18 Å². The largest absolute Gasteiger partial charge is 0.484 e. The lowest BCUT2D eigenvalue weighted by Gasteiger charge is -2.08. The van der Waals surface area contributed by atoms with Gasteiger partial charge < -0.3 is 15.8 Å². The Morgan fingerprint density at radius 2 is 1.95 bits per heavy atom. The van der Waals surface area contributed by atoms with Crippen molar-refractivity contribution in [1.29, 1.82) is 0 Å². The van der Waals surface area contributed by atoms with Gasteiger partial charge in [0.1, 0.15) is 11.6 Å². The summed E-state index contributed by atoms with van der Waals surface area (Å²) < 4.78 is 18.2. The average molecular weight is 295 g/mol. The van der Waals surface area contributed by atoms with Crippen LogP contribution >= 0.6 is 11.6 Å². The third-order valence-electron chi connectivity index (χ3n) is 2.46. The molecule has 2 aromatic carbocycles. The predicted octanol–water partition coefficient (Wildman–Crippen LogP) is 3.08. The zero-order chi connectivity index (χ0) is 14.5. The number of nitrogens with two attached hydrogens (primary N) is 1. The molecule has 0 aliphatic heterocycles. The summed E-state index contributed by atoms with van der Waals surface area (Å²) in [5, 5.41) is 2.58. The molecule has 0 fully saturated rings. The molecule has 6 heteroatoms. The van der Waals surface area contributed by atoms with Crippen LogP contribution in [0.25, 0.3) is 0 Å². The van der Waals surface area contributed by atoms with Gasteiger partial charge in [-0.2, -0.15) is 0 Å². The molecule has 4 nitrogen and oxygen atoms in total. The summed E-state index contributed by atoms with van der Waals surface area (Å²) in [7, 11) is 0. The Morgan fingerprint density at radius 1 is 1.25 bits per heavy atom. The number of amides is 1. The first-order valence-electron chi connectivity index (χ1n) is 5.78. The molecular formula is C14H12ClFN2O2. The van der Waals surface area contributed by atoms with E-state index in [2.05, 4.69) is 5.32 Å². The van der Waals surface area contributed by atoms with Gasteiger partial charge in [-0.3, -0.25) is 4.79 Å². The second-order valence-electron chi connectivity index (χ2n) is 4.03. The summed E-state index contributed by atoms with van der Waals surface area (Å²) in [4.78, 5) is 11.6. The van der Waals surface area contributed by atoms with E-state index in [0.29, 0.717) is 17.1 Å². The van der Waals surface area contributed by atoms with Crippen molar-refractivity contribution >= 4 is 28.9 Å². The van der Waals surface area contributed by atoms with Crippen LogP contribution in [0, 0.1) is 5.82 Å². The number of carbonyl (C=O) groups excluding carboxylic acids is 1. The average Bonchev–Trinajstić information content (AvgIpc) is 2.43. The van der Waals surface area contributed by atoms with Crippen LogP contribution in [-0.4, -0.2) is 12.5 Å². The lowest BCUT2D eigenvalue weighted by atomic mass is 10.3. The number of halogens is 2. The van der Waals surface area contributed by atoms with Gasteiger partial charge in [-0.25, -0.2) is 4.39 Å². The van der Waals surface area contributed by atoms with Crippen molar-refractivity contribution in [3.05, 3.63) is 53.3 Å². The van der Waals surface area contributed by atoms with E-state index in [1.54, 1.807) is 24.3 Å². The Kier molecular flexibility index (Phi) is 4.42. The van der Waals surface area contributed by atoms with Crippen molar-refractivity contribution in [3.8, 4) is 5.75 Å². The molecular weight excluding hydrogens is 283 g/mol. The van der Waals surface area contributed by atoms with E-state index >= 15 is 0 Å². The number of ether oxygens (including phenoxy) is 1. The fourth-order valence-corrected chi connectivity index (χ4v) is 1.65. The minimum absolute atomic E-state index is 0.0542. The van der Waals surface area contributed by atoms with Crippen LogP contribution in [0.4, 0.5) is 15.8 Å². The van der Waals surface area contributed by atoms with E-state index in [0.717, 1.165) is 0 Å². The van der Waals surface area contributed by atoms with Crippen molar-refractivity contribution in [1.82, 2.24) is 0 Å². The highest BCUT2D eigenvalue weighted by atomic mass is 35.5. The van der Waals surface area contributed by atoms with Gasteiger partial charge in [0.05, 0.1) is 5.02 Å². The monoisotopic (exact) mass is 294 g/mol. The predicted molar refractivity (Wildman–Crippen MR) is 76.4 cm³/mol. The highest BCUT2D eigenvalue weighted by Gasteiger charge is 2.06. The molecule has 0 heterocycles. The highest BCUT2D eigenvalue weighted by Crippen LogP contribution is 2.21. The first-order chi connectivity index (χ1) is 9.54. The molecule has 0 saturated heterocycles. The fourth-order valence-electron chi connectivity index (χ4n) is 1.48. The first kappa shape index (κ1) is 14.1. The second kappa shape index (κ2) is 6.25. The molecule has 104 valence electrons. The molecule has 0 aliphatic rings. The zero-order valence-electron chi connectivity index (χ0n) is 10.4. The number of carbonyl (C=O) groups is 1. The van der Waals surface area contributed by atoms with Crippen LogP contribution in [0.5, 0.6) is 5.75 Å². The Labute approximate surface area is 120 Å². The van der Waals surface area contributed by atoms with Crippen molar-refractivity contribution in [2.24, 2.45) is 0 Å². The first-order valence-corrected chi connectivity index (χ1v) is 6.15. The number of nitrogens with one attached hydrogen (secondary N) is 1. The van der Waals surface area contributed by atoms with Crippen molar-refractivity contribution in [2.75, 3.05) is 17.7 Å². The van der Waals surface area contributed by atoms with Crippen molar-refractivity contribution in [2.45, 2.75) is 0 Å². The summed E-state index contributed by atoms with van der Waals surface area (Å²) >= 11 is 5.61. The maximum Gasteiger partial charge on any atom is 0.262 e. The van der Waals surface area contributed by atoms with E-state index in [4.69, 9.17) is 22.1 Å². The Hall–Kier alpha value is -2.27. The molecule has 0 atom stereocenters. The Balaban J connectivity index is 1.88. The number of benzene rings is 2. The van der Waals surface area contributed by atoms with E-state index < -0.39 is 5.82 Å². The number of anilines is 2. The van der Waals surface area contributed by atoms with Crippen LogP contribution in [0.15, 0.2) is 42.5 Å². The second-order valence-corrected chi connectivity index (χ2v) is 4.44. The van der Waals surface area contributed by atoms with Gasteiger partial charge >= 0.3 is 0 Å². The Bertz CT molecular complexity index is 617. The molecule has 20 heavy (non-hydrogen) atoms. The third-order valence-corrected chi connectivity index (χ3v) is 2.75. The number of hydrogen-bond donors (Lipinski definition) is 2. The van der Waals surface area contributed by atoms with Gasteiger partial charge in [0.15, 0.2) is 6.61 Å². The quantitative estimate of drug-likeness (QED) is 0.852. The molecule has 3 N–H and O–H groups in total. The molecule has 0 unspecified atom stereocenters. The lowest BCUT2D eigenvalue weighted by molar-refractivity contribution is -0.118. The highest BCUT2D eigenvalue weighted by molar-refractivity contribution is 6.30. The van der Waals surface area contributed by atoms with Crippen LogP contribution < -0.4 is 15.8 Å². The molecule has 1 amide bonds. The Morgan fingerprint density at radius 3 is 2.60 bits per heavy atom. The van der Waals surface area contributed by atoms with Crippen LogP contribution in [0.3, 0.4) is 0 Å². The summed E-state index contributed by atoms with van der Waals surface area (Å²) in [6.45, 7) is -0.202. The van der Waals surface area contributed by atoms with E-state index in [-0.39, 0.29) is 17.5 Å². The standard InChI is InChI=1S/C14H12ClFN2O2/c15-12-7-11(5-6-13(12)16)20-8-14(19)18-10-3-1-9(17)2-4-10/h1-7H,8,17H2,(H,18,19). The van der Waals surface area contributed by atoms with Gasteiger partial charge in [0.25, 0.3) is 5.91 Å². The zero-order valence-corrected chi connectivity index (χ0v) is 11.2. The normalized spacial score (nSPS) is 10.1. The van der Waals surface area contributed by atoms with Gasteiger partial charge in [-0.1, -0.05) is 11.6 Å². The molecule has 0 radical (unpaired) electrons. The number of nitrogen functional groups attached to an aromatic ring is 1. The number of hydrogen-bond acceptors (Lipinski definition) is 3. The third kappa shape index (κ3) is 3.86. The summed E-state index contributed by atoms with van der Waals surface area (Å²) in [5.74, 6) is -0.551. The van der Waals surface area contributed by atoms with Crippen LogP contribution in [-0.2, 0) is 4.79 Å². The van der Waals surface area contributed by atoms with Crippen molar-refractivity contribution in [3.63, 3.8) is 0 Å².